The summed E-state index contributed by atoms with van der Waals surface area (Å²) in [6.45, 7) is 8.18. The number of aryl methyl sites for hydroxylation is 2. The molecule has 3 amide bonds. The number of aliphatic hydroxyl groups excluding tert-OH is 1. The molecule has 2 aromatic carbocycles. The fourth-order valence-electron chi connectivity index (χ4n) is 3.40. The molecule has 8 heteroatoms. The second kappa shape index (κ2) is 12.0. The number of hydrogen-bond acceptors (Lipinski definition) is 5. The number of hydrogen-bond donors (Lipinski definition) is 3. The van der Waals surface area contributed by atoms with Gasteiger partial charge < -0.3 is 20.5 Å². The van der Waals surface area contributed by atoms with E-state index >= 15 is 0 Å². The van der Waals surface area contributed by atoms with E-state index < -0.39 is 42.2 Å². The van der Waals surface area contributed by atoms with E-state index in [2.05, 4.69) is 16.7 Å². The van der Waals surface area contributed by atoms with Crippen LogP contribution in [0.4, 0.5) is 4.79 Å². The summed E-state index contributed by atoms with van der Waals surface area (Å²) in [4.78, 5) is 39.9. The number of benzene rings is 2. The molecule has 0 radical (unpaired) electrons. The van der Waals surface area contributed by atoms with Crippen LogP contribution in [-0.2, 0) is 20.9 Å². The van der Waals surface area contributed by atoms with Crippen LogP contribution in [0, 0.1) is 26.3 Å². The smallest absolute Gasteiger partial charge is 0.408 e. The number of alkyl carbamates (subject to hydrolysis) is 1. The zero-order valence-corrected chi connectivity index (χ0v) is 20.8. The number of carbonyl (C=O) groups is 3. The Labute approximate surface area is 206 Å². The summed E-state index contributed by atoms with van der Waals surface area (Å²) in [5.74, 6) is -1.32. The predicted octanol–water partition coefficient (Wildman–Crippen LogP) is 2.97. The molecule has 2 rings (SSSR count). The first-order valence-corrected chi connectivity index (χ1v) is 11.2. The maximum atomic E-state index is 13.4. The number of carbonyl (C=O) groups excluding carboxylic acids is 3. The van der Waals surface area contributed by atoms with Crippen molar-refractivity contribution in [3.8, 4) is 12.5 Å². The van der Waals surface area contributed by atoms with E-state index in [1.165, 1.54) is 0 Å². The van der Waals surface area contributed by atoms with Gasteiger partial charge in [0.1, 0.15) is 17.7 Å². The lowest BCUT2D eigenvalue weighted by molar-refractivity contribution is -0.139. The van der Waals surface area contributed by atoms with Gasteiger partial charge in [-0.1, -0.05) is 60.5 Å². The highest BCUT2D eigenvalue weighted by atomic mass is 16.6. The van der Waals surface area contributed by atoms with Crippen molar-refractivity contribution in [2.24, 2.45) is 0 Å². The van der Waals surface area contributed by atoms with Crippen LogP contribution in [0.3, 0.4) is 0 Å². The Morgan fingerprint density at radius 1 is 1.11 bits per heavy atom. The van der Waals surface area contributed by atoms with Crippen molar-refractivity contribution in [2.45, 2.75) is 58.8 Å². The van der Waals surface area contributed by atoms with Crippen molar-refractivity contribution >= 4 is 17.9 Å². The van der Waals surface area contributed by atoms with Gasteiger partial charge in [-0.3, -0.25) is 14.5 Å². The number of terminal acetylenes is 1. The number of nitrogens with one attached hydrogen (secondary N) is 2. The van der Waals surface area contributed by atoms with E-state index in [0.29, 0.717) is 5.56 Å². The summed E-state index contributed by atoms with van der Waals surface area (Å²) in [6, 6.07) is 14.5. The van der Waals surface area contributed by atoms with Crippen LogP contribution >= 0.6 is 0 Å². The van der Waals surface area contributed by atoms with Gasteiger partial charge in [-0.2, -0.15) is 0 Å². The highest BCUT2D eigenvalue weighted by Gasteiger charge is 2.36. The van der Waals surface area contributed by atoms with Crippen molar-refractivity contribution in [2.75, 3.05) is 6.61 Å². The monoisotopic (exact) mass is 479 g/mol. The summed E-state index contributed by atoms with van der Waals surface area (Å²) in [7, 11) is 0. The normalized spacial score (nSPS) is 12.6. The van der Waals surface area contributed by atoms with Crippen LogP contribution in [-0.4, -0.2) is 46.2 Å². The maximum absolute atomic E-state index is 13.4. The third-order valence-electron chi connectivity index (χ3n) is 5.09. The van der Waals surface area contributed by atoms with Gasteiger partial charge >= 0.3 is 6.09 Å². The number of aliphatic hydroxyl groups is 1. The molecule has 0 aliphatic heterocycles. The first-order valence-electron chi connectivity index (χ1n) is 11.2. The molecule has 8 nitrogen and oxygen atoms in total. The van der Waals surface area contributed by atoms with Crippen LogP contribution in [0.25, 0.3) is 0 Å². The molecule has 3 N–H and O–H groups in total. The van der Waals surface area contributed by atoms with Gasteiger partial charge in [0.25, 0.3) is 5.91 Å². The third-order valence-corrected chi connectivity index (χ3v) is 5.09. The van der Waals surface area contributed by atoms with Gasteiger partial charge in [0.05, 0.1) is 6.61 Å². The van der Waals surface area contributed by atoms with Crippen LogP contribution in [0.1, 0.15) is 49.1 Å². The Hall–Kier alpha value is -3.83. The average Bonchev–Trinajstić information content (AvgIpc) is 2.80. The van der Waals surface area contributed by atoms with Gasteiger partial charge in [-0.05, 0) is 51.3 Å². The molecule has 0 aliphatic rings. The van der Waals surface area contributed by atoms with E-state index in [4.69, 9.17) is 11.2 Å². The Kier molecular flexibility index (Phi) is 9.43. The van der Waals surface area contributed by atoms with Gasteiger partial charge in [0, 0.05) is 12.6 Å². The van der Waals surface area contributed by atoms with Gasteiger partial charge in [-0.15, -0.1) is 0 Å². The van der Waals surface area contributed by atoms with Crippen molar-refractivity contribution in [3.05, 3.63) is 70.8 Å². The fraction of sp³-hybridized carbons (Fsp3) is 0.370. The Morgan fingerprint density at radius 2 is 1.77 bits per heavy atom. The minimum atomic E-state index is -1.41. The number of nitrogens with zero attached hydrogens (tertiary/aromatic N) is 1. The Morgan fingerprint density at radius 3 is 2.34 bits per heavy atom. The Bertz CT molecular complexity index is 1090. The summed E-state index contributed by atoms with van der Waals surface area (Å²) in [6.07, 6.45) is 4.83. The SMILES string of the molecule is C#CN(C(=O)C(CO)NC(=O)OC(C)(C)C)C(C(=O)NCc1ccccc1)c1cc(C)ccc1C. The highest BCUT2D eigenvalue weighted by Crippen LogP contribution is 2.26. The zero-order chi connectivity index (χ0) is 26.2. The summed E-state index contributed by atoms with van der Waals surface area (Å²) < 4.78 is 5.19. The molecule has 35 heavy (non-hydrogen) atoms. The third kappa shape index (κ3) is 7.87. The van der Waals surface area contributed by atoms with Gasteiger partial charge in [-0.25, -0.2) is 4.79 Å². The lowest BCUT2D eigenvalue weighted by Gasteiger charge is -2.30. The minimum Gasteiger partial charge on any atom is -0.444 e. The van der Waals surface area contributed by atoms with E-state index in [0.717, 1.165) is 21.6 Å². The molecule has 0 bridgehead atoms. The van der Waals surface area contributed by atoms with Gasteiger partial charge in [0.2, 0.25) is 5.91 Å². The van der Waals surface area contributed by atoms with Crippen molar-refractivity contribution < 1.29 is 24.2 Å². The number of rotatable bonds is 8. The van der Waals surface area contributed by atoms with Crippen molar-refractivity contribution in [3.63, 3.8) is 0 Å². The standard InChI is InChI=1S/C27H33N3O5/c1-7-30(25(33)22(17-31)29-26(34)35-27(4,5)6)23(21-15-18(2)13-14-19(21)3)24(32)28-16-20-11-9-8-10-12-20/h1,8-15,22-23,31H,16-17H2,2-6H3,(H,28,32)(H,29,34). The predicted molar refractivity (Wildman–Crippen MR) is 133 cm³/mol. The summed E-state index contributed by atoms with van der Waals surface area (Å²) in [5, 5.41) is 15.0. The van der Waals surface area contributed by atoms with E-state index in [1.807, 2.05) is 56.3 Å². The highest BCUT2D eigenvalue weighted by molar-refractivity contribution is 5.93. The molecule has 0 fully saturated rings. The lowest BCUT2D eigenvalue weighted by atomic mass is 9.96. The molecular formula is C27H33N3O5. The molecule has 2 aromatic rings. The summed E-state index contributed by atoms with van der Waals surface area (Å²) in [5.41, 5.74) is 2.23. The van der Waals surface area contributed by atoms with Crippen LogP contribution in [0.5, 0.6) is 0 Å². The van der Waals surface area contributed by atoms with Crippen molar-refractivity contribution in [1.82, 2.24) is 15.5 Å². The van der Waals surface area contributed by atoms with Crippen LogP contribution in [0.15, 0.2) is 48.5 Å². The molecule has 2 atom stereocenters. The topological polar surface area (TPSA) is 108 Å². The summed E-state index contributed by atoms with van der Waals surface area (Å²) >= 11 is 0. The molecule has 0 aromatic heterocycles. The van der Waals surface area contributed by atoms with Gasteiger partial charge in [0.15, 0.2) is 0 Å². The lowest BCUT2D eigenvalue weighted by Crippen LogP contribution is -2.53. The van der Waals surface area contributed by atoms with Crippen molar-refractivity contribution in [1.29, 1.82) is 0 Å². The van der Waals surface area contributed by atoms with Crippen LogP contribution in [0.2, 0.25) is 0 Å². The molecular weight excluding hydrogens is 446 g/mol. The zero-order valence-electron chi connectivity index (χ0n) is 20.8. The molecule has 0 aliphatic carbocycles. The number of ether oxygens (including phenoxy) is 1. The molecule has 0 heterocycles. The second-order valence-electron chi connectivity index (χ2n) is 9.18. The minimum absolute atomic E-state index is 0.229. The molecule has 0 saturated carbocycles. The maximum Gasteiger partial charge on any atom is 0.408 e. The Balaban J connectivity index is 2.38. The second-order valence-corrected chi connectivity index (χ2v) is 9.18. The number of amides is 3. The van der Waals surface area contributed by atoms with E-state index in [-0.39, 0.29) is 6.54 Å². The molecule has 2 unspecified atom stereocenters. The van der Waals surface area contributed by atoms with E-state index in [1.54, 1.807) is 26.8 Å². The molecule has 186 valence electrons. The quantitative estimate of drug-likeness (QED) is 0.399. The molecule has 0 spiro atoms. The first kappa shape index (κ1) is 27.4. The average molecular weight is 480 g/mol. The fourth-order valence-corrected chi connectivity index (χ4v) is 3.40. The van der Waals surface area contributed by atoms with E-state index in [9.17, 15) is 19.5 Å². The molecule has 0 saturated heterocycles. The largest absolute Gasteiger partial charge is 0.444 e. The first-order chi connectivity index (χ1) is 16.5. The van der Waals surface area contributed by atoms with Crippen LogP contribution < -0.4 is 10.6 Å².